The van der Waals surface area contributed by atoms with Gasteiger partial charge >= 0.3 is 5.97 Å². The smallest absolute Gasteiger partial charge is 0.342 e. The first kappa shape index (κ1) is 11.2. The minimum absolute atomic E-state index is 0.176. The van der Waals surface area contributed by atoms with Crippen LogP contribution in [0.2, 0.25) is 0 Å². The predicted octanol–water partition coefficient (Wildman–Crippen LogP) is 1.60. The highest BCUT2D eigenvalue weighted by atomic mass is 16.5. The molecular weight excluding hydrogens is 196 g/mol. The van der Waals surface area contributed by atoms with Crippen molar-refractivity contribution in [2.24, 2.45) is 0 Å². The molecule has 0 N–H and O–H groups in total. The first-order valence-corrected chi connectivity index (χ1v) is 4.36. The average Bonchev–Trinajstić information content (AvgIpc) is 2.27. The third-order valence-corrected chi connectivity index (χ3v) is 2.15. The summed E-state index contributed by atoms with van der Waals surface area (Å²) in [5.41, 5.74) is 1.20. The maximum atomic E-state index is 11.5. The quantitative estimate of drug-likeness (QED) is 0.559. The molecule has 1 aromatic carbocycles. The van der Waals surface area contributed by atoms with Crippen LogP contribution in [0.1, 0.15) is 26.3 Å². The van der Waals surface area contributed by atoms with Gasteiger partial charge in [0.05, 0.1) is 14.2 Å². The summed E-state index contributed by atoms with van der Waals surface area (Å²) in [7, 11) is 2.70. The average molecular weight is 208 g/mol. The molecule has 0 saturated heterocycles. The molecule has 0 heterocycles. The Labute approximate surface area is 87.8 Å². The van der Waals surface area contributed by atoms with Gasteiger partial charge in [-0.2, -0.15) is 0 Å². The number of benzene rings is 1. The fraction of sp³-hybridized carbons (Fsp3) is 0.273. The lowest BCUT2D eigenvalue weighted by Gasteiger charge is -2.10. The zero-order chi connectivity index (χ0) is 11.4. The number of ether oxygens (including phenoxy) is 2. The van der Waals surface area contributed by atoms with Gasteiger partial charge in [0.1, 0.15) is 11.3 Å². The molecule has 0 spiro atoms. The van der Waals surface area contributed by atoms with Crippen LogP contribution >= 0.6 is 0 Å². The highest BCUT2D eigenvalue weighted by Gasteiger charge is 2.19. The van der Waals surface area contributed by atoms with E-state index in [1.54, 1.807) is 19.1 Å². The van der Waals surface area contributed by atoms with E-state index in [-0.39, 0.29) is 5.56 Å². The summed E-state index contributed by atoms with van der Waals surface area (Å²) >= 11 is 0. The van der Waals surface area contributed by atoms with E-state index in [2.05, 4.69) is 4.74 Å². The molecule has 0 bridgehead atoms. The summed E-state index contributed by atoms with van der Waals surface area (Å²) < 4.78 is 9.60. The van der Waals surface area contributed by atoms with Crippen LogP contribution in [0.15, 0.2) is 12.1 Å². The maximum absolute atomic E-state index is 11.5. The van der Waals surface area contributed by atoms with E-state index in [4.69, 9.17) is 4.74 Å². The summed E-state index contributed by atoms with van der Waals surface area (Å²) in [4.78, 5) is 22.3. The minimum Gasteiger partial charge on any atom is -0.496 e. The molecule has 1 aromatic rings. The van der Waals surface area contributed by atoms with Crippen LogP contribution in [0.3, 0.4) is 0 Å². The molecule has 0 fully saturated rings. The summed E-state index contributed by atoms with van der Waals surface area (Å²) in [6.45, 7) is 1.75. The molecule has 80 valence electrons. The Balaban J connectivity index is 3.47. The fourth-order valence-corrected chi connectivity index (χ4v) is 1.34. The number of carbonyl (C=O) groups excluding carboxylic acids is 2. The SMILES string of the molecule is COC(=O)c1c(OC)ccc(C)c1C=O. The summed E-state index contributed by atoms with van der Waals surface area (Å²) in [5, 5.41) is 0. The largest absolute Gasteiger partial charge is 0.496 e. The molecule has 4 heteroatoms. The minimum atomic E-state index is -0.572. The molecule has 0 aliphatic rings. The molecule has 15 heavy (non-hydrogen) atoms. The summed E-state index contributed by atoms with van der Waals surface area (Å²) in [6.07, 6.45) is 0.629. The van der Waals surface area contributed by atoms with Gasteiger partial charge in [0.15, 0.2) is 6.29 Å². The molecule has 0 aliphatic carbocycles. The Morgan fingerprint density at radius 3 is 2.47 bits per heavy atom. The molecule has 0 unspecified atom stereocenters. The highest BCUT2D eigenvalue weighted by molar-refractivity contribution is 6.01. The van der Waals surface area contributed by atoms with Gasteiger partial charge in [0, 0.05) is 5.56 Å². The zero-order valence-electron chi connectivity index (χ0n) is 8.87. The van der Waals surface area contributed by atoms with Gasteiger partial charge in [0.2, 0.25) is 0 Å². The number of hydrogen-bond acceptors (Lipinski definition) is 4. The van der Waals surface area contributed by atoms with E-state index >= 15 is 0 Å². The van der Waals surface area contributed by atoms with E-state index in [1.807, 2.05) is 0 Å². The van der Waals surface area contributed by atoms with Gasteiger partial charge in [-0.1, -0.05) is 6.07 Å². The Kier molecular flexibility index (Phi) is 3.44. The highest BCUT2D eigenvalue weighted by Crippen LogP contribution is 2.24. The van der Waals surface area contributed by atoms with Crippen molar-refractivity contribution in [1.29, 1.82) is 0 Å². The number of hydrogen-bond donors (Lipinski definition) is 0. The Morgan fingerprint density at radius 1 is 1.33 bits per heavy atom. The van der Waals surface area contributed by atoms with E-state index < -0.39 is 5.97 Å². The maximum Gasteiger partial charge on any atom is 0.342 e. The standard InChI is InChI=1S/C11H12O4/c1-7-4-5-9(14-2)10(8(7)6-12)11(13)15-3/h4-6H,1-3H3. The monoisotopic (exact) mass is 208 g/mol. The van der Waals surface area contributed by atoms with Crippen molar-refractivity contribution in [2.45, 2.75) is 6.92 Å². The normalized spacial score (nSPS) is 9.53. The number of rotatable bonds is 3. The van der Waals surface area contributed by atoms with Crippen LogP contribution in [-0.4, -0.2) is 26.5 Å². The predicted molar refractivity (Wildman–Crippen MR) is 54.5 cm³/mol. The van der Waals surface area contributed by atoms with Crippen molar-refractivity contribution < 1.29 is 19.1 Å². The van der Waals surface area contributed by atoms with Crippen molar-refractivity contribution in [3.63, 3.8) is 0 Å². The van der Waals surface area contributed by atoms with Crippen molar-refractivity contribution in [3.8, 4) is 5.75 Å². The lowest BCUT2D eigenvalue weighted by molar-refractivity contribution is 0.0594. The molecule has 0 amide bonds. The third-order valence-electron chi connectivity index (χ3n) is 2.15. The van der Waals surface area contributed by atoms with Crippen LogP contribution in [0.4, 0.5) is 0 Å². The van der Waals surface area contributed by atoms with Gasteiger partial charge in [-0.05, 0) is 18.6 Å². The van der Waals surface area contributed by atoms with E-state index in [1.165, 1.54) is 14.2 Å². The molecule has 1 rings (SSSR count). The summed E-state index contributed by atoms with van der Waals surface area (Å²) in [6, 6.07) is 3.35. The molecule has 0 atom stereocenters. The summed E-state index contributed by atoms with van der Waals surface area (Å²) in [5.74, 6) is -0.229. The molecule has 0 aromatic heterocycles. The van der Waals surface area contributed by atoms with Crippen LogP contribution in [0, 0.1) is 6.92 Å². The van der Waals surface area contributed by atoms with Crippen LogP contribution in [-0.2, 0) is 4.74 Å². The van der Waals surface area contributed by atoms with Gasteiger partial charge < -0.3 is 9.47 Å². The second-order valence-electron chi connectivity index (χ2n) is 2.98. The number of methoxy groups -OCH3 is 2. The van der Waals surface area contributed by atoms with Gasteiger partial charge in [-0.3, -0.25) is 4.79 Å². The lowest BCUT2D eigenvalue weighted by atomic mass is 10.0. The first-order valence-electron chi connectivity index (χ1n) is 4.36. The second kappa shape index (κ2) is 4.59. The lowest BCUT2D eigenvalue weighted by Crippen LogP contribution is -2.09. The number of esters is 1. The van der Waals surface area contributed by atoms with E-state index in [0.717, 1.165) is 0 Å². The number of carbonyl (C=O) groups is 2. The number of aldehydes is 1. The molecule has 0 aliphatic heterocycles. The third kappa shape index (κ3) is 1.98. The topological polar surface area (TPSA) is 52.6 Å². The van der Waals surface area contributed by atoms with Gasteiger partial charge in [-0.25, -0.2) is 4.79 Å². The van der Waals surface area contributed by atoms with E-state index in [9.17, 15) is 9.59 Å². The zero-order valence-corrected chi connectivity index (χ0v) is 8.87. The van der Waals surface area contributed by atoms with Crippen LogP contribution in [0.25, 0.3) is 0 Å². The van der Waals surface area contributed by atoms with E-state index in [0.29, 0.717) is 23.2 Å². The second-order valence-corrected chi connectivity index (χ2v) is 2.98. The fourth-order valence-electron chi connectivity index (χ4n) is 1.34. The number of aryl methyl sites for hydroxylation is 1. The van der Waals surface area contributed by atoms with Crippen molar-refractivity contribution in [3.05, 3.63) is 28.8 Å². The Morgan fingerprint density at radius 2 is 2.00 bits per heavy atom. The van der Waals surface area contributed by atoms with Crippen molar-refractivity contribution in [1.82, 2.24) is 0 Å². The van der Waals surface area contributed by atoms with Crippen molar-refractivity contribution in [2.75, 3.05) is 14.2 Å². The van der Waals surface area contributed by atoms with Crippen molar-refractivity contribution >= 4 is 12.3 Å². The molecule has 0 radical (unpaired) electrons. The van der Waals surface area contributed by atoms with Crippen LogP contribution in [0.5, 0.6) is 5.75 Å². The van der Waals surface area contributed by atoms with Crippen LogP contribution < -0.4 is 4.74 Å². The molecule has 4 nitrogen and oxygen atoms in total. The van der Waals surface area contributed by atoms with Gasteiger partial charge in [0.25, 0.3) is 0 Å². The Hall–Kier alpha value is -1.84. The first-order chi connectivity index (χ1) is 7.15. The molecule has 0 saturated carbocycles. The van der Waals surface area contributed by atoms with Gasteiger partial charge in [-0.15, -0.1) is 0 Å². The Bertz CT molecular complexity index is 396. The molecular formula is C11H12O4.